The summed E-state index contributed by atoms with van der Waals surface area (Å²) in [6.45, 7) is 2.61. The summed E-state index contributed by atoms with van der Waals surface area (Å²) < 4.78 is 24.7. The first kappa shape index (κ1) is 16.2. The second-order valence-electron chi connectivity index (χ2n) is 6.13. The number of nitrogens with zero attached hydrogens (tertiary/aromatic N) is 1. The van der Waals surface area contributed by atoms with Crippen molar-refractivity contribution in [1.29, 1.82) is 0 Å². The third-order valence-corrected chi connectivity index (χ3v) is 5.98. The molecule has 0 unspecified atom stereocenters. The van der Waals surface area contributed by atoms with Crippen molar-refractivity contribution in [1.82, 2.24) is 10.2 Å². The lowest BCUT2D eigenvalue weighted by atomic mass is 9.75. The maximum atomic E-state index is 11.8. The number of nitrogens with one attached hydrogen (secondary N) is 1. The summed E-state index contributed by atoms with van der Waals surface area (Å²) in [6, 6.07) is 8.70. The van der Waals surface area contributed by atoms with E-state index in [9.17, 15) is 8.42 Å². The Kier molecular flexibility index (Phi) is 4.73. The number of hydrogen-bond donors (Lipinski definition) is 1. The average molecular weight is 385 g/mol. The normalized spacial score (nSPS) is 30.7. The van der Waals surface area contributed by atoms with E-state index in [1.165, 1.54) is 11.8 Å². The first-order chi connectivity index (χ1) is 10.5. The maximum Gasteiger partial charge on any atom is 0.149 e. The Morgan fingerprint density at radius 3 is 2.68 bits per heavy atom. The van der Waals surface area contributed by atoms with Gasteiger partial charge in [0.2, 0.25) is 0 Å². The molecule has 22 heavy (non-hydrogen) atoms. The van der Waals surface area contributed by atoms with Crippen molar-refractivity contribution in [3.63, 3.8) is 0 Å². The number of hydrogen-bond acceptors (Lipinski definition) is 4. The Balaban J connectivity index is 1.90. The average Bonchev–Trinajstić information content (AvgIpc) is 2.41. The molecule has 0 aromatic heterocycles. The number of rotatable bonds is 3. The molecule has 2 aliphatic heterocycles. The van der Waals surface area contributed by atoms with Crippen LogP contribution in [0.1, 0.15) is 11.5 Å². The Bertz CT molecular complexity index is 657. The summed E-state index contributed by atoms with van der Waals surface area (Å²) in [5.41, 5.74) is 1.23. The highest BCUT2D eigenvalue weighted by atomic mass is 79.9. The van der Waals surface area contributed by atoms with Gasteiger partial charge in [0.25, 0.3) is 0 Å². The van der Waals surface area contributed by atoms with Crippen LogP contribution < -0.4 is 5.32 Å². The Labute approximate surface area is 140 Å². The van der Waals surface area contributed by atoms with Gasteiger partial charge in [0, 0.05) is 48.4 Å². The molecule has 0 saturated carbocycles. The zero-order valence-electron chi connectivity index (χ0n) is 12.6. The van der Waals surface area contributed by atoms with E-state index in [1.807, 2.05) is 12.1 Å². The summed E-state index contributed by atoms with van der Waals surface area (Å²) >= 11 is 3.46. The summed E-state index contributed by atoms with van der Waals surface area (Å²) in [4.78, 5) is 2.32. The fraction of sp³-hybridized carbons (Fsp3) is 0.500. The molecule has 0 spiro atoms. The van der Waals surface area contributed by atoms with Gasteiger partial charge in [-0.1, -0.05) is 40.2 Å². The van der Waals surface area contributed by atoms with Crippen LogP contribution in [0.3, 0.4) is 0 Å². The maximum absolute atomic E-state index is 11.8. The molecule has 1 N–H and O–H groups in total. The molecule has 1 saturated heterocycles. The number of fused-ring (bicyclic) bond motifs is 1. The van der Waals surface area contributed by atoms with Gasteiger partial charge in [0.1, 0.15) is 9.84 Å². The first-order valence-electron chi connectivity index (χ1n) is 7.50. The SMILES string of the molecule is CS(=O)(=O)C[C@@H]1[C@H](c2ccc(Br)cc2)[C@@H]2CNC/C=C\CN12. The Morgan fingerprint density at radius 2 is 2.00 bits per heavy atom. The predicted molar refractivity (Wildman–Crippen MR) is 92.9 cm³/mol. The van der Waals surface area contributed by atoms with E-state index in [1.54, 1.807) is 0 Å². The van der Waals surface area contributed by atoms with E-state index in [0.717, 1.165) is 24.1 Å². The number of benzene rings is 1. The Hall–Kier alpha value is -0.690. The molecule has 6 heteroatoms. The summed E-state index contributed by atoms with van der Waals surface area (Å²) in [7, 11) is -3.00. The van der Waals surface area contributed by atoms with Gasteiger partial charge < -0.3 is 5.32 Å². The van der Waals surface area contributed by atoms with Crippen LogP contribution in [0.5, 0.6) is 0 Å². The topological polar surface area (TPSA) is 49.4 Å². The van der Waals surface area contributed by atoms with Crippen molar-refractivity contribution in [3.8, 4) is 0 Å². The van der Waals surface area contributed by atoms with Crippen molar-refractivity contribution < 1.29 is 8.42 Å². The molecular weight excluding hydrogens is 364 g/mol. The van der Waals surface area contributed by atoms with Crippen LogP contribution in [0.4, 0.5) is 0 Å². The van der Waals surface area contributed by atoms with Gasteiger partial charge in [-0.2, -0.15) is 0 Å². The molecule has 120 valence electrons. The van der Waals surface area contributed by atoms with E-state index in [2.05, 4.69) is 50.4 Å². The van der Waals surface area contributed by atoms with Crippen molar-refractivity contribution >= 4 is 25.8 Å². The summed E-state index contributed by atoms with van der Waals surface area (Å²) in [6.07, 6.45) is 5.57. The molecule has 0 aliphatic carbocycles. The lowest BCUT2D eigenvalue weighted by molar-refractivity contribution is 0.00891. The van der Waals surface area contributed by atoms with Crippen LogP contribution in [-0.2, 0) is 9.84 Å². The van der Waals surface area contributed by atoms with E-state index in [4.69, 9.17) is 0 Å². The van der Waals surface area contributed by atoms with Crippen molar-refractivity contribution in [2.75, 3.05) is 31.6 Å². The highest BCUT2D eigenvalue weighted by Crippen LogP contribution is 2.41. The van der Waals surface area contributed by atoms with E-state index >= 15 is 0 Å². The van der Waals surface area contributed by atoms with Crippen molar-refractivity contribution in [3.05, 3.63) is 46.5 Å². The van der Waals surface area contributed by atoms with Gasteiger partial charge in [0.15, 0.2) is 0 Å². The largest absolute Gasteiger partial charge is 0.312 e. The van der Waals surface area contributed by atoms with Crippen LogP contribution in [-0.4, -0.2) is 57.0 Å². The first-order valence-corrected chi connectivity index (χ1v) is 10.4. The molecule has 3 rings (SSSR count). The highest BCUT2D eigenvalue weighted by molar-refractivity contribution is 9.10. The molecule has 2 heterocycles. The van der Waals surface area contributed by atoms with Gasteiger partial charge in [-0.3, -0.25) is 4.90 Å². The lowest BCUT2D eigenvalue weighted by Crippen LogP contribution is -2.67. The van der Waals surface area contributed by atoms with E-state index in [-0.39, 0.29) is 17.7 Å². The van der Waals surface area contributed by atoms with Gasteiger partial charge in [-0.15, -0.1) is 0 Å². The molecule has 0 radical (unpaired) electrons. The second kappa shape index (κ2) is 6.43. The minimum atomic E-state index is -3.00. The fourth-order valence-corrected chi connectivity index (χ4v) is 4.85. The molecular formula is C16H21BrN2O2S. The Morgan fingerprint density at radius 1 is 1.27 bits per heavy atom. The minimum absolute atomic E-state index is 0.0609. The minimum Gasteiger partial charge on any atom is -0.312 e. The van der Waals surface area contributed by atoms with Crippen LogP contribution in [0, 0.1) is 0 Å². The van der Waals surface area contributed by atoms with Gasteiger partial charge in [-0.05, 0) is 17.7 Å². The molecule has 0 bridgehead atoms. The molecule has 4 nitrogen and oxygen atoms in total. The molecule has 3 atom stereocenters. The third-order valence-electron chi connectivity index (χ3n) is 4.51. The smallest absolute Gasteiger partial charge is 0.149 e. The molecule has 1 fully saturated rings. The van der Waals surface area contributed by atoms with Gasteiger partial charge >= 0.3 is 0 Å². The predicted octanol–water partition coefficient (Wildman–Crippen LogP) is 1.79. The number of sulfone groups is 1. The van der Waals surface area contributed by atoms with Gasteiger partial charge in [0.05, 0.1) is 5.75 Å². The molecule has 1 aromatic carbocycles. The molecule has 0 amide bonds. The lowest BCUT2D eigenvalue weighted by Gasteiger charge is -2.55. The highest BCUT2D eigenvalue weighted by Gasteiger charge is 2.49. The second-order valence-corrected chi connectivity index (χ2v) is 9.23. The molecule has 1 aromatic rings. The van der Waals surface area contributed by atoms with E-state index in [0.29, 0.717) is 6.04 Å². The zero-order valence-corrected chi connectivity index (χ0v) is 15.0. The van der Waals surface area contributed by atoms with Crippen LogP contribution in [0.2, 0.25) is 0 Å². The third kappa shape index (κ3) is 3.45. The fourth-order valence-electron chi connectivity index (χ4n) is 3.56. The summed E-state index contributed by atoms with van der Waals surface area (Å²) in [5, 5.41) is 3.43. The van der Waals surface area contributed by atoms with Crippen molar-refractivity contribution in [2.24, 2.45) is 0 Å². The zero-order chi connectivity index (χ0) is 15.7. The van der Waals surface area contributed by atoms with E-state index < -0.39 is 9.84 Å². The number of halogens is 1. The van der Waals surface area contributed by atoms with Crippen LogP contribution in [0.25, 0.3) is 0 Å². The van der Waals surface area contributed by atoms with Crippen molar-refractivity contribution in [2.45, 2.75) is 18.0 Å². The quantitative estimate of drug-likeness (QED) is 0.807. The molecule has 2 aliphatic rings. The van der Waals surface area contributed by atoms with Crippen LogP contribution >= 0.6 is 15.9 Å². The van der Waals surface area contributed by atoms with Gasteiger partial charge in [-0.25, -0.2) is 8.42 Å². The monoisotopic (exact) mass is 384 g/mol. The summed E-state index contributed by atoms with van der Waals surface area (Å²) in [5.74, 6) is 0.486. The standard InChI is InChI=1S/C16H21BrN2O2S/c1-22(20,21)11-15-16(12-4-6-13(17)7-5-12)14-10-18-8-2-3-9-19(14)15/h2-7,14-16,18H,8-11H2,1H3/b3-2-/t14-,15+,16+/m0/s1. The van der Waals surface area contributed by atoms with Crippen LogP contribution in [0.15, 0.2) is 40.9 Å².